The molecule has 2 atom stereocenters. The molecule has 0 aliphatic heterocycles. The molecular formula is C15H30N2O4. The Morgan fingerprint density at radius 3 is 2.38 bits per heavy atom. The van der Waals surface area contributed by atoms with Crippen LogP contribution in [0.4, 0.5) is 4.79 Å². The summed E-state index contributed by atoms with van der Waals surface area (Å²) in [7, 11) is 1.61. The fraction of sp³-hybridized carbons (Fsp3) is 0.867. The van der Waals surface area contributed by atoms with Crippen molar-refractivity contribution in [2.75, 3.05) is 20.3 Å². The lowest BCUT2D eigenvalue weighted by Gasteiger charge is -2.22. The van der Waals surface area contributed by atoms with Crippen molar-refractivity contribution in [1.29, 1.82) is 0 Å². The zero-order valence-electron chi connectivity index (χ0n) is 13.6. The highest BCUT2D eigenvalue weighted by atomic mass is 16.5. The molecule has 3 N–H and O–H groups in total. The highest BCUT2D eigenvalue weighted by molar-refractivity contribution is 5.74. The van der Waals surface area contributed by atoms with Gasteiger partial charge in [0.2, 0.25) is 0 Å². The van der Waals surface area contributed by atoms with Crippen molar-refractivity contribution < 1.29 is 19.4 Å². The lowest BCUT2D eigenvalue weighted by atomic mass is 9.97. The van der Waals surface area contributed by atoms with Crippen molar-refractivity contribution in [3.8, 4) is 0 Å². The Kier molecular flexibility index (Phi) is 10.7. The molecule has 0 aliphatic rings. The fourth-order valence-electron chi connectivity index (χ4n) is 2.07. The van der Waals surface area contributed by atoms with Crippen LogP contribution in [0.5, 0.6) is 0 Å². The topological polar surface area (TPSA) is 87.7 Å². The van der Waals surface area contributed by atoms with Crippen molar-refractivity contribution in [3.63, 3.8) is 0 Å². The molecule has 0 aromatic carbocycles. The van der Waals surface area contributed by atoms with E-state index in [1.54, 1.807) is 7.11 Å². The van der Waals surface area contributed by atoms with Gasteiger partial charge in [-0.25, -0.2) is 4.79 Å². The number of amides is 2. The Morgan fingerprint density at radius 2 is 1.90 bits per heavy atom. The molecule has 0 saturated heterocycles. The molecule has 0 bridgehead atoms. The summed E-state index contributed by atoms with van der Waals surface area (Å²) in [6.45, 7) is 7.15. The van der Waals surface area contributed by atoms with Crippen molar-refractivity contribution in [1.82, 2.24) is 10.6 Å². The first-order chi connectivity index (χ1) is 9.90. The predicted molar refractivity (Wildman–Crippen MR) is 82.3 cm³/mol. The number of carboxylic acids is 1. The third-order valence-electron chi connectivity index (χ3n) is 3.65. The summed E-state index contributed by atoms with van der Waals surface area (Å²) in [5.74, 6) is -0.130. The van der Waals surface area contributed by atoms with Crippen molar-refractivity contribution in [2.45, 2.75) is 52.5 Å². The summed E-state index contributed by atoms with van der Waals surface area (Å²) in [4.78, 5) is 22.4. The van der Waals surface area contributed by atoms with Gasteiger partial charge in [0.25, 0.3) is 0 Å². The van der Waals surface area contributed by atoms with Crippen LogP contribution < -0.4 is 10.6 Å². The molecule has 21 heavy (non-hydrogen) atoms. The van der Waals surface area contributed by atoms with Crippen LogP contribution in [0.25, 0.3) is 0 Å². The summed E-state index contributed by atoms with van der Waals surface area (Å²) in [6.07, 6.45) is 2.57. The highest BCUT2D eigenvalue weighted by Crippen LogP contribution is 2.14. The molecule has 0 rings (SSSR count). The van der Waals surface area contributed by atoms with Crippen LogP contribution in [0.15, 0.2) is 0 Å². The van der Waals surface area contributed by atoms with E-state index in [-0.39, 0.29) is 18.5 Å². The van der Waals surface area contributed by atoms with Crippen molar-refractivity contribution in [3.05, 3.63) is 0 Å². The summed E-state index contributed by atoms with van der Waals surface area (Å²) in [5, 5.41) is 14.4. The van der Waals surface area contributed by atoms with Gasteiger partial charge in [0.05, 0.1) is 12.6 Å². The second-order valence-electron chi connectivity index (χ2n) is 5.70. The van der Waals surface area contributed by atoms with Crippen molar-refractivity contribution >= 4 is 12.0 Å². The number of rotatable bonds is 11. The Labute approximate surface area is 127 Å². The molecule has 0 spiro atoms. The SMILES string of the molecule is CCC(CCNC(=O)NC(COC)C(C)C)CCC(=O)O. The number of carboxylic acid groups (broad SMARTS) is 1. The van der Waals surface area contributed by atoms with E-state index < -0.39 is 5.97 Å². The molecule has 2 unspecified atom stereocenters. The van der Waals surface area contributed by atoms with Crippen LogP contribution in [0, 0.1) is 11.8 Å². The monoisotopic (exact) mass is 302 g/mol. The number of carbonyl (C=O) groups excluding carboxylic acids is 1. The van der Waals surface area contributed by atoms with Gasteiger partial charge in [-0.2, -0.15) is 0 Å². The normalized spacial score (nSPS) is 13.8. The van der Waals surface area contributed by atoms with E-state index in [4.69, 9.17) is 9.84 Å². The molecule has 0 aliphatic carbocycles. The minimum Gasteiger partial charge on any atom is -0.481 e. The molecule has 0 aromatic heterocycles. The van der Waals surface area contributed by atoms with Gasteiger partial charge in [0.1, 0.15) is 0 Å². The summed E-state index contributed by atoms with van der Waals surface area (Å²) >= 11 is 0. The lowest BCUT2D eigenvalue weighted by molar-refractivity contribution is -0.137. The maximum atomic E-state index is 11.8. The van der Waals surface area contributed by atoms with Gasteiger partial charge in [-0.05, 0) is 24.7 Å². The predicted octanol–water partition coefficient (Wildman–Crippen LogP) is 2.24. The van der Waals surface area contributed by atoms with Gasteiger partial charge in [-0.1, -0.05) is 27.2 Å². The second-order valence-corrected chi connectivity index (χ2v) is 5.70. The average molecular weight is 302 g/mol. The highest BCUT2D eigenvalue weighted by Gasteiger charge is 2.16. The van der Waals surface area contributed by atoms with Crippen LogP contribution in [0.3, 0.4) is 0 Å². The van der Waals surface area contributed by atoms with E-state index >= 15 is 0 Å². The number of hydrogen-bond acceptors (Lipinski definition) is 3. The third kappa shape index (κ3) is 10.1. The number of urea groups is 1. The first-order valence-corrected chi connectivity index (χ1v) is 7.65. The minimum absolute atomic E-state index is 0.0102. The summed E-state index contributed by atoms with van der Waals surface area (Å²) in [6, 6.07) is -0.206. The maximum absolute atomic E-state index is 11.8. The Balaban J connectivity index is 3.97. The van der Waals surface area contributed by atoms with E-state index in [2.05, 4.69) is 10.6 Å². The van der Waals surface area contributed by atoms with Crippen molar-refractivity contribution in [2.24, 2.45) is 11.8 Å². The molecule has 0 aromatic rings. The van der Waals surface area contributed by atoms with Gasteiger partial charge >= 0.3 is 12.0 Å². The summed E-state index contributed by atoms with van der Waals surface area (Å²) in [5.41, 5.74) is 0. The fourth-order valence-corrected chi connectivity index (χ4v) is 2.07. The first-order valence-electron chi connectivity index (χ1n) is 7.65. The van der Waals surface area contributed by atoms with Gasteiger partial charge in [0.15, 0.2) is 0 Å². The number of nitrogens with one attached hydrogen (secondary N) is 2. The molecule has 0 radical (unpaired) electrons. The second kappa shape index (κ2) is 11.4. The Hall–Kier alpha value is -1.30. The van der Waals surface area contributed by atoms with Gasteiger partial charge in [-0.3, -0.25) is 4.79 Å². The van der Waals surface area contributed by atoms with E-state index in [0.717, 1.165) is 12.8 Å². The smallest absolute Gasteiger partial charge is 0.315 e. The molecule has 2 amide bonds. The number of methoxy groups -OCH3 is 1. The van der Waals surface area contributed by atoms with Gasteiger partial charge < -0.3 is 20.5 Å². The molecule has 0 fully saturated rings. The third-order valence-corrected chi connectivity index (χ3v) is 3.65. The average Bonchev–Trinajstić information content (AvgIpc) is 2.41. The zero-order chi connectivity index (χ0) is 16.3. The number of carbonyl (C=O) groups is 2. The minimum atomic E-state index is -0.765. The first kappa shape index (κ1) is 19.7. The van der Waals surface area contributed by atoms with E-state index in [0.29, 0.717) is 31.4 Å². The largest absolute Gasteiger partial charge is 0.481 e. The van der Waals surface area contributed by atoms with Crippen LogP contribution in [0.1, 0.15) is 46.5 Å². The Bertz CT molecular complexity index is 308. The Morgan fingerprint density at radius 1 is 1.24 bits per heavy atom. The number of ether oxygens (including phenoxy) is 1. The van der Waals surface area contributed by atoms with Crippen LogP contribution >= 0.6 is 0 Å². The lowest BCUT2D eigenvalue weighted by Crippen LogP contribution is -2.47. The van der Waals surface area contributed by atoms with E-state index in [9.17, 15) is 9.59 Å². The molecule has 6 heteroatoms. The molecular weight excluding hydrogens is 272 g/mol. The van der Waals surface area contributed by atoms with E-state index in [1.165, 1.54) is 0 Å². The van der Waals surface area contributed by atoms with Gasteiger partial charge in [-0.15, -0.1) is 0 Å². The van der Waals surface area contributed by atoms with Gasteiger partial charge in [0, 0.05) is 20.1 Å². The maximum Gasteiger partial charge on any atom is 0.315 e. The quantitative estimate of drug-likeness (QED) is 0.546. The number of aliphatic carboxylic acids is 1. The molecule has 124 valence electrons. The summed E-state index contributed by atoms with van der Waals surface area (Å²) < 4.78 is 5.08. The van der Waals surface area contributed by atoms with Crippen LogP contribution in [0.2, 0.25) is 0 Å². The molecule has 0 heterocycles. The number of hydrogen-bond donors (Lipinski definition) is 3. The van der Waals surface area contributed by atoms with Crippen LogP contribution in [-0.2, 0) is 9.53 Å². The van der Waals surface area contributed by atoms with E-state index in [1.807, 2.05) is 20.8 Å². The molecule has 6 nitrogen and oxygen atoms in total. The zero-order valence-corrected chi connectivity index (χ0v) is 13.6. The molecule has 0 saturated carbocycles. The standard InChI is InChI=1S/C15H30N2O4/c1-5-12(6-7-14(18)19)8-9-16-15(20)17-13(10-21-4)11(2)3/h11-13H,5-10H2,1-4H3,(H,18,19)(H2,16,17,20). The van der Waals surface area contributed by atoms with Crippen LogP contribution in [-0.4, -0.2) is 43.4 Å².